The Morgan fingerprint density at radius 1 is 1.03 bits per heavy atom. The van der Waals surface area contributed by atoms with Gasteiger partial charge in [0.15, 0.2) is 5.78 Å². The first-order valence-corrected chi connectivity index (χ1v) is 12.9. The smallest absolute Gasteiger partial charge is 0.155 e. The van der Waals surface area contributed by atoms with Crippen molar-refractivity contribution in [1.82, 2.24) is 0 Å². The van der Waals surface area contributed by atoms with Gasteiger partial charge in [0, 0.05) is 6.42 Å². The minimum atomic E-state index is 0.313. The Morgan fingerprint density at radius 2 is 1.79 bits per heavy atom. The summed E-state index contributed by atoms with van der Waals surface area (Å²) in [6.45, 7) is 15.0. The molecule has 3 fully saturated rings. The molecule has 0 radical (unpaired) electrons. The van der Waals surface area contributed by atoms with Gasteiger partial charge in [0.05, 0.1) is 0 Å². The maximum Gasteiger partial charge on any atom is 0.155 e. The summed E-state index contributed by atoms with van der Waals surface area (Å²) < 4.78 is 0. The van der Waals surface area contributed by atoms with Crippen molar-refractivity contribution in [3.63, 3.8) is 0 Å². The molecule has 0 unspecified atom stereocenters. The number of carbonyl (C=O) groups excluding carboxylic acids is 1. The van der Waals surface area contributed by atoms with Gasteiger partial charge in [-0.2, -0.15) is 0 Å². The molecule has 0 N–H and O–H groups in total. The van der Waals surface area contributed by atoms with Crippen molar-refractivity contribution in [3.8, 4) is 0 Å². The lowest BCUT2D eigenvalue weighted by atomic mass is 9.44. The van der Waals surface area contributed by atoms with Crippen LogP contribution in [0.25, 0.3) is 0 Å². The van der Waals surface area contributed by atoms with E-state index in [0.29, 0.717) is 16.6 Å². The molecule has 0 aromatic rings. The predicted octanol–water partition coefficient (Wildman–Crippen LogP) is 7.84. The van der Waals surface area contributed by atoms with Crippen LogP contribution < -0.4 is 0 Å². The van der Waals surface area contributed by atoms with Crippen LogP contribution in [-0.4, -0.2) is 5.78 Å². The number of fused-ring (bicyclic) bond motifs is 5. The van der Waals surface area contributed by atoms with E-state index in [1.807, 2.05) is 0 Å². The van der Waals surface area contributed by atoms with Crippen LogP contribution in [0.5, 0.6) is 0 Å². The fraction of sp³-hybridized carbons (Fsp3) is 0.893. The standard InChI is InChI=1S/C28H46O/c1-18(2)8-7-9-19(3)23-10-11-24-26-20(4)16-21-17-22(29)12-14-27(21,5)25(26)13-15-28(23,24)6/h17-20,23-26H,7-16H2,1-6H3/t19-,20-,23-,24+,25+,26+,27+,28-/m1/s1. The average molecular weight is 399 g/mol. The van der Waals surface area contributed by atoms with E-state index in [2.05, 4.69) is 47.6 Å². The van der Waals surface area contributed by atoms with Crippen LogP contribution in [0.4, 0.5) is 0 Å². The van der Waals surface area contributed by atoms with Gasteiger partial charge in [0.25, 0.3) is 0 Å². The van der Waals surface area contributed by atoms with Gasteiger partial charge in [-0.05, 0) is 96.9 Å². The molecular weight excluding hydrogens is 352 g/mol. The minimum absolute atomic E-state index is 0.313. The zero-order valence-corrected chi connectivity index (χ0v) is 20.1. The molecule has 29 heavy (non-hydrogen) atoms. The Bertz CT molecular complexity index is 659. The van der Waals surface area contributed by atoms with Gasteiger partial charge in [-0.1, -0.05) is 66.4 Å². The molecule has 0 saturated heterocycles. The molecule has 0 aromatic carbocycles. The van der Waals surface area contributed by atoms with Crippen molar-refractivity contribution >= 4 is 5.78 Å². The first kappa shape index (κ1) is 21.6. The Balaban J connectivity index is 1.54. The highest BCUT2D eigenvalue weighted by atomic mass is 16.1. The van der Waals surface area contributed by atoms with Crippen LogP contribution in [0.15, 0.2) is 11.6 Å². The highest BCUT2D eigenvalue weighted by Crippen LogP contribution is 2.68. The van der Waals surface area contributed by atoms with Crippen molar-refractivity contribution in [2.75, 3.05) is 0 Å². The molecule has 0 bridgehead atoms. The van der Waals surface area contributed by atoms with Crippen LogP contribution in [0.3, 0.4) is 0 Å². The van der Waals surface area contributed by atoms with E-state index >= 15 is 0 Å². The van der Waals surface area contributed by atoms with E-state index in [-0.39, 0.29) is 0 Å². The molecule has 0 aromatic heterocycles. The number of rotatable bonds is 5. The molecule has 0 heterocycles. The monoisotopic (exact) mass is 398 g/mol. The summed E-state index contributed by atoms with van der Waals surface area (Å²) in [5.74, 6) is 6.44. The maximum atomic E-state index is 12.1. The molecule has 164 valence electrons. The molecule has 0 spiro atoms. The largest absolute Gasteiger partial charge is 0.295 e. The molecular formula is C28H46O. The lowest BCUT2D eigenvalue weighted by molar-refractivity contribution is -0.118. The summed E-state index contributed by atoms with van der Waals surface area (Å²) in [4.78, 5) is 12.1. The van der Waals surface area contributed by atoms with Gasteiger partial charge in [-0.15, -0.1) is 0 Å². The van der Waals surface area contributed by atoms with Crippen molar-refractivity contribution in [2.24, 2.45) is 52.3 Å². The lowest BCUT2D eigenvalue weighted by Gasteiger charge is -2.60. The third-order valence-corrected chi connectivity index (χ3v) is 10.5. The second kappa shape index (κ2) is 7.83. The number of hydrogen-bond donors (Lipinski definition) is 0. The molecule has 4 rings (SSSR count). The molecule has 3 saturated carbocycles. The Hall–Kier alpha value is -0.590. The normalized spacial score (nSPS) is 45.4. The topological polar surface area (TPSA) is 17.1 Å². The highest BCUT2D eigenvalue weighted by Gasteiger charge is 2.60. The van der Waals surface area contributed by atoms with Crippen LogP contribution in [0, 0.1) is 52.3 Å². The number of carbonyl (C=O) groups is 1. The van der Waals surface area contributed by atoms with Crippen LogP contribution in [0.2, 0.25) is 0 Å². The maximum absolute atomic E-state index is 12.1. The Kier molecular flexibility index (Phi) is 5.84. The van der Waals surface area contributed by atoms with Gasteiger partial charge in [0.2, 0.25) is 0 Å². The van der Waals surface area contributed by atoms with Gasteiger partial charge >= 0.3 is 0 Å². The van der Waals surface area contributed by atoms with Gasteiger partial charge < -0.3 is 0 Å². The number of allylic oxidation sites excluding steroid dienone is 1. The Morgan fingerprint density at radius 3 is 2.52 bits per heavy atom. The fourth-order valence-electron chi connectivity index (χ4n) is 8.93. The van der Waals surface area contributed by atoms with Gasteiger partial charge in [0.1, 0.15) is 0 Å². The summed E-state index contributed by atoms with van der Waals surface area (Å²) in [5.41, 5.74) is 2.39. The second-order valence-corrected chi connectivity index (χ2v) is 12.6. The first-order valence-electron chi connectivity index (χ1n) is 12.9. The van der Waals surface area contributed by atoms with Gasteiger partial charge in [-0.3, -0.25) is 4.79 Å². The molecule has 4 aliphatic rings. The molecule has 0 amide bonds. The van der Waals surface area contributed by atoms with E-state index in [0.717, 1.165) is 54.3 Å². The zero-order chi connectivity index (χ0) is 21.0. The zero-order valence-electron chi connectivity index (χ0n) is 20.1. The molecule has 1 nitrogen and oxygen atoms in total. The molecule has 4 aliphatic carbocycles. The summed E-state index contributed by atoms with van der Waals surface area (Å²) in [5, 5.41) is 0. The minimum Gasteiger partial charge on any atom is -0.295 e. The van der Waals surface area contributed by atoms with Crippen LogP contribution in [0.1, 0.15) is 106 Å². The highest BCUT2D eigenvalue weighted by molar-refractivity contribution is 5.91. The van der Waals surface area contributed by atoms with E-state index in [1.165, 1.54) is 56.9 Å². The first-order chi connectivity index (χ1) is 13.7. The summed E-state index contributed by atoms with van der Waals surface area (Å²) >= 11 is 0. The van der Waals surface area contributed by atoms with Crippen LogP contribution >= 0.6 is 0 Å². The molecule has 0 aliphatic heterocycles. The van der Waals surface area contributed by atoms with Crippen molar-refractivity contribution in [3.05, 3.63) is 11.6 Å². The van der Waals surface area contributed by atoms with E-state index in [1.54, 1.807) is 0 Å². The predicted molar refractivity (Wildman–Crippen MR) is 123 cm³/mol. The van der Waals surface area contributed by atoms with Crippen molar-refractivity contribution in [1.29, 1.82) is 0 Å². The second-order valence-electron chi connectivity index (χ2n) is 12.6. The summed E-state index contributed by atoms with van der Waals surface area (Å²) in [6.07, 6.45) is 15.2. The summed E-state index contributed by atoms with van der Waals surface area (Å²) in [6, 6.07) is 0. The number of hydrogen-bond acceptors (Lipinski definition) is 1. The van der Waals surface area contributed by atoms with E-state index in [4.69, 9.17) is 0 Å². The van der Waals surface area contributed by atoms with Crippen molar-refractivity contribution < 1.29 is 4.79 Å². The SMILES string of the molecule is CC(C)CCC[C@@H](C)[C@H]1CC[C@H]2[C@@H]3[C@H](C)CC4=CC(=O)CC[C@]4(C)[C@H]3CC[C@]12C. The van der Waals surface area contributed by atoms with E-state index in [9.17, 15) is 4.79 Å². The van der Waals surface area contributed by atoms with Gasteiger partial charge in [-0.25, -0.2) is 0 Å². The fourth-order valence-corrected chi connectivity index (χ4v) is 8.93. The molecule has 1 heteroatoms. The molecule has 8 atom stereocenters. The average Bonchev–Trinajstić information content (AvgIpc) is 3.00. The lowest BCUT2D eigenvalue weighted by Crippen LogP contribution is -2.53. The quantitative estimate of drug-likeness (QED) is 0.461. The van der Waals surface area contributed by atoms with Crippen molar-refractivity contribution in [2.45, 2.75) is 106 Å². The summed E-state index contributed by atoms with van der Waals surface area (Å²) in [7, 11) is 0. The third kappa shape index (κ3) is 3.57. The third-order valence-electron chi connectivity index (χ3n) is 10.5. The Labute approximate surface area is 180 Å². The van der Waals surface area contributed by atoms with Crippen LogP contribution in [-0.2, 0) is 4.79 Å². The number of ketones is 1. The van der Waals surface area contributed by atoms with E-state index < -0.39 is 0 Å².